The highest BCUT2D eigenvalue weighted by Gasteiger charge is 2.60. The Morgan fingerprint density at radius 1 is 0.875 bits per heavy atom. The van der Waals surface area contributed by atoms with Crippen molar-refractivity contribution in [3.05, 3.63) is 131 Å². The van der Waals surface area contributed by atoms with Crippen LogP contribution >= 0.6 is 0 Å². The number of nitrogens with two attached hydrogens (primary N) is 1. The molecule has 0 aliphatic carbocycles. The average molecular weight is 658 g/mol. The third-order valence-corrected chi connectivity index (χ3v) is 8.93. The number of hydrogen-bond donors (Lipinski definition) is 1. The Balaban J connectivity index is 1.44. The van der Waals surface area contributed by atoms with Gasteiger partial charge < -0.3 is 24.7 Å². The molecule has 6 rings (SSSR count). The molecule has 0 saturated carbocycles. The van der Waals surface area contributed by atoms with Crippen molar-refractivity contribution in [3.63, 3.8) is 0 Å². The molecule has 0 bridgehead atoms. The van der Waals surface area contributed by atoms with Crippen LogP contribution in [0.4, 0.5) is 5.82 Å². The molecular weight excluding hydrogens is 619 g/mol. The molecule has 48 heavy (non-hydrogen) atoms. The normalized spacial score (nSPS) is 20.7. The molecule has 0 amide bonds. The predicted octanol–water partition coefficient (Wildman–Crippen LogP) is 6.05. The van der Waals surface area contributed by atoms with Crippen molar-refractivity contribution >= 4 is 19.4 Å². The minimum absolute atomic E-state index is 0.158. The minimum atomic E-state index is -1.78. The van der Waals surface area contributed by atoms with Crippen LogP contribution in [-0.2, 0) is 44.4 Å². The molecule has 0 unspecified atom stereocenters. The molecule has 1 fully saturated rings. The molecule has 0 spiro atoms. The molecule has 0 radical (unpaired) electrons. The smallest absolute Gasteiger partial charge is 0.225 e. The van der Waals surface area contributed by atoms with Crippen molar-refractivity contribution in [2.24, 2.45) is 0 Å². The van der Waals surface area contributed by atoms with Gasteiger partial charge in [-0.25, -0.2) is 9.50 Å². The van der Waals surface area contributed by atoms with Crippen LogP contribution in [0.1, 0.15) is 27.9 Å². The van der Waals surface area contributed by atoms with E-state index in [0.29, 0.717) is 23.4 Å². The van der Waals surface area contributed by atoms with Gasteiger partial charge in [0.1, 0.15) is 44.3 Å². The van der Waals surface area contributed by atoms with Gasteiger partial charge in [0.2, 0.25) is 5.60 Å². The number of anilines is 1. The summed E-state index contributed by atoms with van der Waals surface area (Å²) in [6.07, 6.45) is -0.876. The largest absolute Gasteiger partial charge is 0.382 e. The molecule has 2 aromatic heterocycles. The maximum atomic E-state index is 11.2. The van der Waals surface area contributed by atoms with Gasteiger partial charge in [0.15, 0.2) is 5.82 Å². The van der Waals surface area contributed by atoms with Crippen LogP contribution in [0.2, 0.25) is 19.6 Å². The number of hydrogen-bond acceptors (Lipinski definition) is 8. The van der Waals surface area contributed by atoms with Gasteiger partial charge in [0.05, 0.1) is 37.7 Å². The standard InChI is InChI=1S/C38H39N5O4Si/c1-48(2,3)20-19-31-21-33(43-34(31)37(40)41-27-42-43)38(26-39)36(46-24-30-17-11-6-12-18-30)35(45-23-29-15-9-5-10-16-29)32(47-38)25-44-22-28-13-7-4-8-14-28/h4-18,21,27,32,35-36H,22-25H2,1-3H3,(H2,40,41,42)/t32-,35-,36-,38+/m1/s1. The summed E-state index contributed by atoms with van der Waals surface area (Å²) in [5.41, 5.74) is 12.7. The highest BCUT2D eigenvalue weighted by molar-refractivity contribution is 6.83. The Hall–Kier alpha value is -4.81. The molecule has 1 aliphatic rings. The van der Waals surface area contributed by atoms with Gasteiger partial charge >= 0.3 is 0 Å². The number of rotatable bonds is 11. The fraction of sp³-hybridized carbons (Fsp3) is 0.289. The number of ether oxygens (including phenoxy) is 4. The first-order valence-corrected chi connectivity index (χ1v) is 19.4. The zero-order valence-electron chi connectivity index (χ0n) is 27.4. The fourth-order valence-electron chi connectivity index (χ4n) is 5.77. The Labute approximate surface area is 282 Å². The maximum Gasteiger partial charge on any atom is 0.225 e. The Morgan fingerprint density at radius 2 is 1.46 bits per heavy atom. The van der Waals surface area contributed by atoms with E-state index in [1.165, 1.54) is 6.33 Å². The van der Waals surface area contributed by atoms with Crippen molar-refractivity contribution in [2.45, 2.75) is 63.4 Å². The molecule has 1 saturated heterocycles. The number of nitrogens with zero attached hydrogens (tertiary/aromatic N) is 4. The molecule has 9 nitrogen and oxygen atoms in total. The lowest BCUT2D eigenvalue weighted by Crippen LogP contribution is -2.44. The van der Waals surface area contributed by atoms with E-state index >= 15 is 0 Å². The highest BCUT2D eigenvalue weighted by Crippen LogP contribution is 2.45. The summed E-state index contributed by atoms with van der Waals surface area (Å²) in [6, 6.07) is 34.0. The average Bonchev–Trinajstić information content (AvgIpc) is 3.63. The highest BCUT2D eigenvalue weighted by atomic mass is 28.3. The van der Waals surface area contributed by atoms with Gasteiger partial charge in [-0.1, -0.05) is 117 Å². The topological polar surface area (TPSA) is 117 Å². The molecule has 1 aliphatic heterocycles. The van der Waals surface area contributed by atoms with E-state index < -0.39 is 32.0 Å². The van der Waals surface area contributed by atoms with Gasteiger partial charge in [0, 0.05) is 0 Å². The van der Waals surface area contributed by atoms with Crippen molar-refractivity contribution in [3.8, 4) is 17.5 Å². The molecule has 2 N–H and O–H groups in total. The number of benzene rings is 3. The first-order chi connectivity index (χ1) is 23.3. The zero-order valence-corrected chi connectivity index (χ0v) is 28.4. The van der Waals surface area contributed by atoms with Gasteiger partial charge in [-0.3, -0.25) is 0 Å². The Bertz CT molecular complexity index is 1930. The van der Waals surface area contributed by atoms with Crippen LogP contribution in [0.25, 0.3) is 5.52 Å². The van der Waals surface area contributed by atoms with Crippen molar-refractivity contribution in [1.82, 2.24) is 14.6 Å². The second kappa shape index (κ2) is 14.5. The molecule has 3 heterocycles. The van der Waals surface area contributed by atoms with Gasteiger partial charge in [-0.05, 0) is 22.8 Å². The zero-order chi connectivity index (χ0) is 33.6. The predicted molar refractivity (Wildman–Crippen MR) is 186 cm³/mol. The van der Waals surface area contributed by atoms with Crippen LogP contribution in [-0.4, -0.2) is 47.6 Å². The summed E-state index contributed by atoms with van der Waals surface area (Å²) in [5, 5.41) is 15.7. The minimum Gasteiger partial charge on any atom is -0.382 e. The van der Waals surface area contributed by atoms with Crippen molar-refractivity contribution in [2.75, 3.05) is 12.3 Å². The first-order valence-electron chi connectivity index (χ1n) is 15.9. The van der Waals surface area contributed by atoms with Crippen LogP contribution < -0.4 is 5.73 Å². The van der Waals surface area contributed by atoms with Crippen LogP contribution in [0, 0.1) is 22.8 Å². The number of fused-ring (bicyclic) bond motifs is 1. The first kappa shape index (κ1) is 33.1. The quantitative estimate of drug-likeness (QED) is 0.135. The third kappa shape index (κ3) is 7.34. The van der Waals surface area contributed by atoms with E-state index in [4.69, 9.17) is 24.7 Å². The monoisotopic (exact) mass is 657 g/mol. The van der Waals surface area contributed by atoms with E-state index in [1.807, 2.05) is 97.1 Å². The van der Waals surface area contributed by atoms with E-state index in [1.54, 1.807) is 4.52 Å². The number of aromatic nitrogens is 3. The van der Waals surface area contributed by atoms with Gasteiger partial charge in [0.25, 0.3) is 0 Å². The van der Waals surface area contributed by atoms with Crippen molar-refractivity contribution < 1.29 is 18.9 Å². The summed E-state index contributed by atoms with van der Waals surface area (Å²) in [6.45, 7) is 7.53. The Morgan fingerprint density at radius 3 is 2.04 bits per heavy atom. The summed E-state index contributed by atoms with van der Waals surface area (Å²) in [5.74, 6) is 3.57. The molecule has 244 valence electrons. The van der Waals surface area contributed by atoms with Crippen molar-refractivity contribution in [1.29, 1.82) is 5.26 Å². The van der Waals surface area contributed by atoms with Crippen LogP contribution in [0.3, 0.4) is 0 Å². The SMILES string of the molecule is C[Si](C)(C)C#Cc1cc([C@]2(C#N)O[C@H](COCc3ccccc3)[C@@H](OCc3ccccc3)[C@H]2OCc2ccccc2)n2ncnc(N)c12. The molecular formula is C38H39N5O4Si. The molecule has 4 atom stereocenters. The van der Waals surface area contributed by atoms with Gasteiger partial charge in [-0.2, -0.15) is 10.4 Å². The summed E-state index contributed by atoms with van der Waals surface area (Å²) in [4.78, 5) is 4.25. The summed E-state index contributed by atoms with van der Waals surface area (Å²) in [7, 11) is -1.78. The van der Waals surface area contributed by atoms with E-state index in [-0.39, 0.29) is 25.6 Å². The molecule has 3 aromatic carbocycles. The second-order valence-electron chi connectivity index (χ2n) is 12.8. The lowest BCUT2D eigenvalue weighted by atomic mass is 9.91. The third-order valence-electron chi connectivity index (χ3n) is 8.06. The second-order valence-corrected chi connectivity index (χ2v) is 17.6. The Kier molecular flexibility index (Phi) is 10.0. The number of nitriles is 1. The summed E-state index contributed by atoms with van der Waals surface area (Å²) < 4.78 is 28.0. The summed E-state index contributed by atoms with van der Waals surface area (Å²) >= 11 is 0. The van der Waals surface area contributed by atoms with E-state index in [2.05, 4.69) is 47.3 Å². The maximum absolute atomic E-state index is 11.2. The lowest BCUT2D eigenvalue weighted by molar-refractivity contribution is -0.0971. The number of nitrogen functional groups attached to an aromatic ring is 1. The van der Waals surface area contributed by atoms with Crippen LogP contribution in [0.15, 0.2) is 103 Å². The lowest BCUT2D eigenvalue weighted by Gasteiger charge is -2.29. The fourth-order valence-corrected chi connectivity index (χ4v) is 6.27. The van der Waals surface area contributed by atoms with Crippen LogP contribution in [0.5, 0.6) is 0 Å². The van der Waals surface area contributed by atoms with Gasteiger partial charge in [-0.15, -0.1) is 5.54 Å². The molecule has 10 heteroatoms. The molecule has 5 aromatic rings. The van der Waals surface area contributed by atoms with E-state index in [0.717, 1.165) is 16.7 Å². The van der Waals surface area contributed by atoms with E-state index in [9.17, 15) is 5.26 Å².